The molecule has 0 radical (unpaired) electrons. The van der Waals surface area contributed by atoms with Gasteiger partial charge in [0.1, 0.15) is 12.4 Å². The van der Waals surface area contributed by atoms with Gasteiger partial charge in [-0.2, -0.15) is 0 Å². The molecule has 2 nitrogen and oxygen atoms in total. The van der Waals surface area contributed by atoms with Crippen LogP contribution < -0.4 is 0 Å². The van der Waals surface area contributed by atoms with Gasteiger partial charge in [0.2, 0.25) is 5.12 Å². The molecule has 1 unspecified atom stereocenters. The van der Waals surface area contributed by atoms with Gasteiger partial charge >= 0.3 is 0 Å². The number of hydrogen-bond acceptors (Lipinski definition) is 3. The molecule has 1 rings (SSSR count). The first-order chi connectivity index (χ1) is 9.55. The number of unbranched alkanes of at least 4 members (excludes halogenated alkanes) is 5. The summed E-state index contributed by atoms with van der Waals surface area (Å²) >= 11 is 1.43. The first-order valence-electron chi connectivity index (χ1n) is 7.73. The lowest BCUT2D eigenvalue weighted by Gasteiger charge is -2.26. The minimum absolute atomic E-state index is 0.164. The Kier molecular flexibility index (Phi) is 7.42. The van der Waals surface area contributed by atoms with Crippen molar-refractivity contribution in [1.82, 2.24) is 0 Å². The van der Waals surface area contributed by atoms with Crippen molar-refractivity contribution in [2.45, 2.75) is 70.5 Å². The topological polar surface area (TPSA) is 26.3 Å². The van der Waals surface area contributed by atoms with Crippen molar-refractivity contribution >= 4 is 16.9 Å². The molecule has 0 amide bonds. The van der Waals surface area contributed by atoms with E-state index >= 15 is 0 Å². The van der Waals surface area contributed by atoms with Crippen molar-refractivity contribution in [3.63, 3.8) is 0 Å². The number of carbonyl (C=O) groups excluding carboxylic acids is 1. The van der Waals surface area contributed by atoms with E-state index < -0.39 is 0 Å². The van der Waals surface area contributed by atoms with Gasteiger partial charge in [0, 0.05) is 5.57 Å². The maximum atomic E-state index is 11.9. The molecule has 0 bridgehead atoms. The molecular formula is C17H28O2S. The summed E-state index contributed by atoms with van der Waals surface area (Å²) in [6.45, 7) is 10.4. The monoisotopic (exact) mass is 296 g/mol. The highest BCUT2D eigenvalue weighted by Crippen LogP contribution is 2.47. The van der Waals surface area contributed by atoms with Gasteiger partial charge in [-0.1, -0.05) is 69.9 Å². The largest absolute Gasteiger partial charge is 0.492 e. The molecule has 1 atom stereocenters. The zero-order valence-corrected chi connectivity index (χ0v) is 14.0. The Labute approximate surface area is 128 Å². The highest BCUT2D eigenvalue weighted by Gasteiger charge is 2.42. The van der Waals surface area contributed by atoms with E-state index in [0.717, 1.165) is 24.2 Å². The highest BCUT2D eigenvalue weighted by molar-refractivity contribution is 8.15. The van der Waals surface area contributed by atoms with Gasteiger partial charge in [0.05, 0.1) is 4.75 Å². The van der Waals surface area contributed by atoms with Crippen LogP contribution in [0.5, 0.6) is 0 Å². The first-order valence-corrected chi connectivity index (χ1v) is 8.55. The van der Waals surface area contributed by atoms with Gasteiger partial charge in [0.15, 0.2) is 0 Å². The molecule has 0 saturated carbocycles. The molecule has 20 heavy (non-hydrogen) atoms. The van der Waals surface area contributed by atoms with Crippen LogP contribution >= 0.6 is 11.8 Å². The van der Waals surface area contributed by atoms with Gasteiger partial charge in [0.25, 0.3) is 0 Å². The van der Waals surface area contributed by atoms with Crippen molar-refractivity contribution < 1.29 is 9.53 Å². The van der Waals surface area contributed by atoms with Crippen molar-refractivity contribution in [2.24, 2.45) is 0 Å². The van der Waals surface area contributed by atoms with Gasteiger partial charge < -0.3 is 4.74 Å². The smallest absolute Gasteiger partial charge is 0.219 e. The van der Waals surface area contributed by atoms with Crippen LogP contribution in [0.1, 0.15) is 65.7 Å². The van der Waals surface area contributed by atoms with Crippen LogP contribution in [0, 0.1) is 0 Å². The average Bonchev–Trinajstić information content (AvgIpc) is 2.63. The molecule has 0 N–H and O–H groups in total. The summed E-state index contributed by atoms with van der Waals surface area (Å²) in [6, 6.07) is 0. The zero-order valence-electron chi connectivity index (χ0n) is 13.2. The molecule has 0 spiro atoms. The lowest BCUT2D eigenvalue weighted by atomic mass is 9.97. The van der Waals surface area contributed by atoms with Crippen LogP contribution in [0.2, 0.25) is 0 Å². The molecule has 1 aliphatic heterocycles. The number of carbonyl (C=O) groups is 1. The van der Waals surface area contributed by atoms with Crippen LogP contribution in [0.3, 0.4) is 0 Å². The zero-order chi connectivity index (χ0) is 15.0. The van der Waals surface area contributed by atoms with Crippen LogP contribution in [0.15, 0.2) is 24.0 Å². The summed E-state index contributed by atoms with van der Waals surface area (Å²) in [5.41, 5.74) is 0.783. The lowest BCUT2D eigenvalue weighted by Crippen LogP contribution is -2.22. The summed E-state index contributed by atoms with van der Waals surface area (Å²) in [5, 5.41) is 0.164. The van der Waals surface area contributed by atoms with E-state index in [2.05, 4.69) is 20.4 Å². The van der Waals surface area contributed by atoms with Crippen LogP contribution in [0.25, 0.3) is 0 Å². The number of ether oxygens (including phenoxy) is 1. The maximum absolute atomic E-state index is 11.9. The minimum atomic E-state index is -0.172. The molecule has 0 aromatic carbocycles. The third kappa shape index (κ3) is 4.69. The fourth-order valence-electron chi connectivity index (χ4n) is 2.63. The summed E-state index contributed by atoms with van der Waals surface area (Å²) in [6.07, 6.45) is 10.4. The number of hydrogen-bond donors (Lipinski definition) is 0. The van der Waals surface area contributed by atoms with Crippen molar-refractivity contribution in [2.75, 3.05) is 6.61 Å². The molecule has 1 heterocycles. The second kappa shape index (κ2) is 8.56. The van der Waals surface area contributed by atoms with E-state index in [9.17, 15) is 4.79 Å². The molecule has 114 valence electrons. The quantitative estimate of drug-likeness (QED) is 0.407. The molecule has 1 aliphatic rings. The SMILES string of the molecule is C=CCOC1=C(C)C(=O)SC1(C)CCCCCCCC. The Bertz CT molecular complexity index is 373. The second-order valence-electron chi connectivity index (χ2n) is 5.69. The summed E-state index contributed by atoms with van der Waals surface area (Å²) in [4.78, 5) is 11.9. The van der Waals surface area contributed by atoms with E-state index in [1.165, 1.54) is 43.9 Å². The number of thioether (sulfide) groups is 1. The lowest BCUT2D eigenvalue weighted by molar-refractivity contribution is -0.107. The van der Waals surface area contributed by atoms with E-state index in [1.54, 1.807) is 6.08 Å². The Morgan fingerprint density at radius 2 is 1.90 bits per heavy atom. The Balaban J connectivity index is 2.49. The fourth-order valence-corrected chi connectivity index (χ4v) is 3.83. The molecule has 0 aromatic rings. The van der Waals surface area contributed by atoms with Gasteiger partial charge in [-0.25, -0.2) is 0 Å². The van der Waals surface area contributed by atoms with E-state index in [0.29, 0.717) is 6.61 Å². The highest BCUT2D eigenvalue weighted by atomic mass is 32.2. The Morgan fingerprint density at radius 3 is 2.55 bits per heavy atom. The van der Waals surface area contributed by atoms with E-state index in [4.69, 9.17) is 4.74 Å². The molecule has 3 heteroatoms. The molecule has 0 saturated heterocycles. The van der Waals surface area contributed by atoms with Crippen molar-refractivity contribution in [3.8, 4) is 0 Å². The normalized spacial score (nSPS) is 22.4. The van der Waals surface area contributed by atoms with Gasteiger partial charge in [-0.3, -0.25) is 4.79 Å². The predicted octanol–water partition coefficient (Wildman–Crippen LogP) is 5.25. The third-order valence-electron chi connectivity index (χ3n) is 3.80. The van der Waals surface area contributed by atoms with Crippen LogP contribution in [-0.4, -0.2) is 16.5 Å². The van der Waals surface area contributed by atoms with Crippen LogP contribution in [-0.2, 0) is 9.53 Å². The first kappa shape index (κ1) is 17.4. The van der Waals surface area contributed by atoms with E-state index in [1.807, 2.05) is 6.92 Å². The van der Waals surface area contributed by atoms with Crippen molar-refractivity contribution in [3.05, 3.63) is 24.0 Å². The van der Waals surface area contributed by atoms with Crippen LogP contribution in [0.4, 0.5) is 0 Å². The van der Waals surface area contributed by atoms with Gasteiger partial charge in [-0.05, 0) is 20.3 Å². The maximum Gasteiger partial charge on any atom is 0.219 e. The summed E-state index contributed by atoms with van der Waals surface area (Å²) < 4.78 is 5.59. The average molecular weight is 296 g/mol. The van der Waals surface area contributed by atoms with Crippen molar-refractivity contribution in [1.29, 1.82) is 0 Å². The molecule has 0 aromatic heterocycles. The molecule has 0 aliphatic carbocycles. The summed E-state index contributed by atoms with van der Waals surface area (Å²) in [5.74, 6) is 0.876. The van der Waals surface area contributed by atoms with E-state index in [-0.39, 0.29) is 9.86 Å². The number of rotatable bonds is 10. The third-order valence-corrected chi connectivity index (χ3v) is 5.13. The minimum Gasteiger partial charge on any atom is -0.492 e. The fraction of sp³-hybridized carbons (Fsp3) is 0.706. The predicted molar refractivity (Wildman–Crippen MR) is 87.8 cm³/mol. The molecular weight excluding hydrogens is 268 g/mol. The Hall–Kier alpha value is -0.700. The Morgan fingerprint density at radius 1 is 1.25 bits per heavy atom. The second-order valence-corrected chi connectivity index (χ2v) is 7.17. The summed E-state index contributed by atoms with van der Waals surface area (Å²) in [7, 11) is 0. The standard InChI is InChI=1S/C17H28O2S/c1-5-7-8-9-10-11-12-17(4)15(19-13-6-2)14(3)16(18)20-17/h6H,2,5,7-13H2,1,3-4H3. The molecule has 0 fully saturated rings. The van der Waals surface area contributed by atoms with Gasteiger partial charge in [-0.15, -0.1) is 0 Å².